The number of amides is 1. The SMILES string of the molecule is CC1(C(=O)NC2(CO)CCC2)CCCCN1. The van der Waals surface area contributed by atoms with Crippen LogP contribution in [-0.2, 0) is 4.79 Å². The maximum Gasteiger partial charge on any atom is 0.240 e. The van der Waals surface area contributed by atoms with Gasteiger partial charge in [-0.15, -0.1) is 0 Å². The molecule has 2 fully saturated rings. The molecule has 1 saturated carbocycles. The minimum atomic E-state index is -0.435. The molecule has 92 valence electrons. The number of carbonyl (C=O) groups is 1. The molecule has 1 saturated heterocycles. The molecular formula is C12H22N2O2. The monoisotopic (exact) mass is 226 g/mol. The second-order valence-electron chi connectivity index (χ2n) is 5.46. The van der Waals surface area contributed by atoms with E-state index >= 15 is 0 Å². The highest BCUT2D eigenvalue weighted by Crippen LogP contribution is 2.32. The fourth-order valence-corrected chi connectivity index (χ4v) is 2.56. The van der Waals surface area contributed by atoms with Crippen LogP contribution in [0.4, 0.5) is 0 Å². The molecule has 16 heavy (non-hydrogen) atoms. The zero-order chi connectivity index (χ0) is 11.6. The summed E-state index contributed by atoms with van der Waals surface area (Å²) in [5, 5.41) is 15.7. The first-order chi connectivity index (χ1) is 7.60. The summed E-state index contributed by atoms with van der Waals surface area (Å²) in [5.41, 5.74) is -0.755. The van der Waals surface area contributed by atoms with Gasteiger partial charge in [0.25, 0.3) is 0 Å². The molecule has 0 aromatic carbocycles. The molecule has 1 unspecified atom stereocenters. The largest absolute Gasteiger partial charge is 0.394 e. The maximum absolute atomic E-state index is 12.2. The zero-order valence-corrected chi connectivity index (χ0v) is 10.0. The molecule has 4 heteroatoms. The van der Waals surface area contributed by atoms with E-state index in [1.807, 2.05) is 6.92 Å². The topological polar surface area (TPSA) is 61.4 Å². The highest BCUT2D eigenvalue weighted by molar-refractivity contribution is 5.86. The van der Waals surface area contributed by atoms with Gasteiger partial charge >= 0.3 is 0 Å². The normalized spacial score (nSPS) is 32.9. The molecule has 2 rings (SSSR count). The fraction of sp³-hybridized carbons (Fsp3) is 0.917. The highest BCUT2D eigenvalue weighted by atomic mass is 16.3. The minimum absolute atomic E-state index is 0.0564. The van der Waals surface area contributed by atoms with Crippen LogP contribution >= 0.6 is 0 Å². The molecule has 4 nitrogen and oxygen atoms in total. The van der Waals surface area contributed by atoms with Gasteiger partial charge in [-0.1, -0.05) is 0 Å². The Morgan fingerprint density at radius 1 is 1.31 bits per heavy atom. The molecule has 1 amide bonds. The first-order valence-electron chi connectivity index (χ1n) is 6.29. The number of piperidine rings is 1. The Balaban J connectivity index is 1.96. The molecule has 0 aromatic heterocycles. The summed E-state index contributed by atoms with van der Waals surface area (Å²) in [7, 11) is 0. The van der Waals surface area contributed by atoms with Gasteiger partial charge in [-0.2, -0.15) is 0 Å². The van der Waals surface area contributed by atoms with Crippen molar-refractivity contribution in [2.75, 3.05) is 13.2 Å². The number of hydrogen-bond acceptors (Lipinski definition) is 3. The summed E-state index contributed by atoms with van der Waals surface area (Å²) >= 11 is 0. The van der Waals surface area contributed by atoms with Gasteiger partial charge < -0.3 is 15.7 Å². The third-order valence-electron chi connectivity index (χ3n) is 4.11. The molecule has 1 atom stereocenters. The molecule has 1 heterocycles. The molecular weight excluding hydrogens is 204 g/mol. The number of carbonyl (C=O) groups excluding carboxylic acids is 1. The highest BCUT2D eigenvalue weighted by Gasteiger charge is 2.42. The zero-order valence-electron chi connectivity index (χ0n) is 10.0. The van der Waals surface area contributed by atoms with Crippen molar-refractivity contribution in [3.8, 4) is 0 Å². The summed E-state index contributed by atoms with van der Waals surface area (Å²) in [5.74, 6) is 0.0564. The number of hydrogen-bond donors (Lipinski definition) is 3. The van der Waals surface area contributed by atoms with Gasteiger partial charge in [0.2, 0.25) is 5.91 Å². The number of aliphatic hydroxyl groups is 1. The molecule has 0 spiro atoms. The van der Waals surface area contributed by atoms with Crippen LogP contribution in [-0.4, -0.2) is 35.2 Å². The lowest BCUT2D eigenvalue weighted by Crippen LogP contribution is -2.65. The predicted molar refractivity (Wildman–Crippen MR) is 62.1 cm³/mol. The van der Waals surface area contributed by atoms with Crippen LogP contribution in [0, 0.1) is 0 Å². The average molecular weight is 226 g/mol. The van der Waals surface area contributed by atoms with E-state index in [0.717, 1.165) is 45.1 Å². The van der Waals surface area contributed by atoms with E-state index in [0.29, 0.717) is 0 Å². The predicted octanol–water partition coefficient (Wildman–Crippen LogP) is 0.550. The first kappa shape index (κ1) is 11.9. The van der Waals surface area contributed by atoms with Crippen molar-refractivity contribution < 1.29 is 9.90 Å². The van der Waals surface area contributed by atoms with Crippen molar-refractivity contribution in [2.24, 2.45) is 0 Å². The third kappa shape index (κ3) is 2.09. The van der Waals surface area contributed by atoms with E-state index in [1.165, 1.54) is 0 Å². The van der Waals surface area contributed by atoms with Gasteiger partial charge in [0.15, 0.2) is 0 Å². The lowest BCUT2D eigenvalue weighted by molar-refractivity contribution is -0.132. The fourth-order valence-electron chi connectivity index (χ4n) is 2.56. The van der Waals surface area contributed by atoms with E-state index in [9.17, 15) is 9.90 Å². The van der Waals surface area contributed by atoms with Crippen LogP contribution in [0.2, 0.25) is 0 Å². The van der Waals surface area contributed by atoms with Crippen LogP contribution in [0.5, 0.6) is 0 Å². The van der Waals surface area contributed by atoms with E-state index in [2.05, 4.69) is 10.6 Å². The molecule has 2 aliphatic rings. The van der Waals surface area contributed by atoms with Crippen molar-refractivity contribution >= 4 is 5.91 Å². The van der Waals surface area contributed by atoms with Crippen LogP contribution in [0.1, 0.15) is 45.4 Å². The van der Waals surface area contributed by atoms with Crippen LogP contribution in [0.15, 0.2) is 0 Å². The second kappa shape index (κ2) is 4.34. The van der Waals surface area contributed by atoms with Gasteiger partial charge in [-0.3, -0.25) is 4.79 Å². The lowest BCUT2D eigenvalue weighted by atomic mass is 9.76. The van der Waals surface area contributed by atoms with Crippen molar-refractivity contribution in [2.45, 2.75) is 56.5 Å². The van der Waals surface area contributed by atoms with Crippen LogP contribution in [0.25, 0.3) is 0 Å². The smallest absolute Gasteiger partial charge is 0.240 e. The van der Waals surface area contributed by atoms with E-state index in [4.69, 9.17) is 0 Å². The first-order valence-corrected chi connectivity index (χ1v) is 6.29. The third-order valence-corrected chi connectivity index (χ3v) is 4.11. The molecule has 0 aromatic rings. The minimum Gasteiger partial charge on any atom is -0.394 e. The standard InChI is InChI=1S/C12H22N2O2/c1-11(5-2-3-8-13-11)10(16)14-12(9-15)6-4-7-12/h13,15H,2-9H2,1H3,(H,14,16). The second-order valence-corrected chi connectivity index (χ2v) is 5.46. The van der Waals surface area contributed by atoms with Gasteiger partial charge in [0, 0.05) is 0 Å². The Hall–Kier alpha value is -0.610. The van der Waals surface area contributed by atoms with Crippen molar-refractivity contribution in [1.82, 2.24) is 10.6 Å². The van der Waals surface area contributed by atoms with E-state index < -0.39 is 5.54 Å². The van der Waals surface area contributed by atoms with Crippen molar-refractivity contribution in [3.05, 3.63) is 0 Å². The molecule has 1 aliphatic carbocycles. The summed E-state index contributed by atoms with van der Waals surface area (Å²) < 4.78 is 0. The van der Waals surface area contributed by atoms with Crippen LogP contribution < -0.4 is 10.6 Å². The molecule has 1 aliphatic heterocycles. The van der Waals surface area contributed by atoms with Gasteiger partial charge in [0.1, 0.15) is 0 Å². The quantitative estimate of drug-likeness (QED) is 0.658. The van der Waals surface area contributed by atoms with Gasteiger partial charge in [-0.05, 0) is 52.0 Å². The number of aliphatic hydroxyl groups excluding tert-OH is 1. The Bertz CT molecular complexity index is 263. The summed E-state index contributed by atoms with van der Waals surface area (Å²) in [6, 6.07) is 0. The van der Waals surface area contributed by atoms with Gasteiger partial charge in [0.05, 0.1) is 17.7 Å². The summed E-state index contributed by atoms with van der Waals surface area (Å²) in [6.07, 6.45) is 6.05. The number of rotatable bonds is 3. The molecule has 3 N–H and O–H groups in total. The lowest BCUT2D eigenvalue weighted by Gasteiger charge is -2.44. The Morgan fingerprint density at radius 3 is 2.50 bits per heavy atom. The van der Waals surface area contributed by atoms with E-state index in [1.54, 1.807) is 0 Å². The maximum atomic E-state index is 12.2. The Kier molecular flexibility index (Phi) is 3.22. The summed E-state index contributed by atoms with van der Waals surface area (Å²) in [4.78, 5) is 12.2. The van der Waals surface area contributed by atoms with Crippen LogP contribution in [0.3, 0.4) is 0 Å². The van der Waals surface area contributed by atoms with Gasteiger partial charge in [-0.25, -0.2) is 0 Å². The van der Waals surface area contributed by atoms with Crippen molar-refractivity contribution in [3.63, 3.8) is 0 Å². The van der Waals surface area contributed by atoms with E-state index in [-0.39, 0.29) is 18.1 Å². The Morgan fingerprint density at radius 2 is 2.06 bits per heavy atom. The molecule has 0 bridgehead atoms. The van der Waals surface area contributed by atoms with Crippen molar-refractivity contribution in [1.29, 1.82) is 0 Å². The summed E-state index contributed by atoms with van der Waals surface area (Å²) in [6.45, 7) is 2.94. The average Bonchev–Trinajstić information content (AvgIpc) is 2.24. The Labute approximate surface area is 96.8 Å². The number of nitrogens with one attached hydrogen (secondary N) is 2. The molecule has 0 radical (unpaired) electrons.